The lowest BCUT2D eigenvalue weighted by molar-refractivity contribution is -0.143. The van der Waals surface area contributed by atoms with Crippen LogP contribution >= 0.6 is 0 Å². The second kappa shape index (κ2) is 9.61. The molecule has 5 rings (SSSR count). The number of piperidine rings is 1. The maximum absolute atomic E-state index is 12.7. The molecule has 1 saturated heterocycles. The number of hydrogen-bond acceptors (Lipinski definition) is 6. The summed E-state index contributed by atoms with van der Waals surface area (Å²) >= 11 is 0. The fourth-order valence-electron chi connectivity index (χ4n) is 4.88. The van der Waals surface area contributed by atoms with E-state index in [-0.39, 0.29) is 30.5 Å². The lowest BCUT2D eigenvalue weighted by atomic mass is 9.98. The molecule has 0 spiro atoms. The van der Waals surface area contributed by atoms with Gasteiger partial charge in [0.15, 0.2) is 11.5 Å². The summed E-state index contributed by atoms with van der Waals surface area (Å²) in [5.74, 6) is -1.30. The van der Waals surface area contributed by atoms with Crippen LogP contribution in [0.4, 0.5) is 4.79 Å². The SMILES string of the molecule is O=C(NCc1cc(C(=O)N2CCCCC2C(=O)O)no1)OCC1c2ccccc2-c2ccccc21. The van der Waals surface area contributed by atoms with Crippen LogP contribution in [0.3, 0.4) is 0 Å². The Kier molecular flexibility index (Phi) is 6.22. The van der Waals surface area contributed by atoms with Crippen LogP contribution in [0.25, 0.3) is 11.1 Å². The van der Waals surface area contributed by atoms with Crippen LogP contribution in [0, 0.1) is 0 Å². The number of carboxylic acids is 1. The summed E-state index contributed by atoms with van der Waals surface area (Å²) in [7, 11) is 0. The molecule has 1 aliphatic carbocycles. The highest BCUT2D eigenvalue weighted by atomic mass is 16.5. The lowest BCUT2D eigenvalue weighted by Gasteiger charge is -2.32. The molecule has 9 nitrogen and oxygen atoms in total. The molecule has 0 bridgehead atoms. The van der Waals surface area contributed by atoms with Gasteiger partial charge in [0.2, 0.25) is 0 Å². The van der Waals surface area contributed by atoms with Gasteiger partial charge in [-0.2, -0.15) is 0 Å². The second-order valence-electron chi connectivity index (χ2n) is 8.71. The summed E-state index contributed by atoms with van der Waals surface area (Å²) in [5.41, 5.74) is 4.56. The van der Waals surface area contributed by atoms with Gasteiger partial charge < -0.3 is 24.6 Å². The Morgan fingerprint density at radius 2 is 1.74 bits per heavy atom. The van der Waals surface area contributed by atoms with E-state index >= 15 is 0 Å². The van der Waals surface area contributed by atoms with Crippen molar-refractivity contribution in [1.29, 1.82) is 0 Å². The van der Waals surface area contributed by atoms with E-state index < -0.39 is 24.0 Å². The smallest absolute Gasteiger partial charge is 0.407 e. The molecule has 2 amide bonds. The standard InChI is InChI=1S/C26H25N3O6/c30-24(29-12-6-5-11-23(29)25(31)32)22-13-16(35-28-22)14-27-26(33)34-15-21-19-9-3-1-7-17(19)18-8-2-4-10-20(18)21/h1-4,7-10,13,21,23H,5-6,11-12,14-15H2,(H,27,33)(H,31,32). The summed E-state index contributed by atoms with van der Waals surface area (Å²) in [6.45, 7) is 0.529. The molecule has 2 N–H and O–H groups in total. The van der Waals surface area contributed by atoms with E-state index in [0.29, 0.717) is 13.0 Å². The number of aromatic nitrogens is 1. The normalized spacial score (nSPS) is 16.9. The molecule has 3 aromatic rings. The molecule has 2 aliphatic rings. The molecule has 0 saturated carbocycles. The predicted molar refractivity (Wildman–Crippen MR) is 125 cm³/mol. The largest absolute Gasteiger partial charge is 0.480 e. The van der Waals surface area contributed by atoms with Crippen LogP contribution in [-0.2, 0) is 16.1 Å². The molecule has 1 fully saturated rings. The van der Waals surface area contributed by atoms with Crippen LogP contribution in [0.2, 0.25) is 0 Å². The lowest BCUT2D eigenvalue weighted by Crippen LogP contribution is -2.48. The monoisotopic (exact) mass is 475 g/mol. The van der Waals surface area contributed by atoms with E-state index in [1.807, 2.05) is 36.4 Å². The van der Waals surface area contributed by atoms with Crippen molar-refractivity contribution in [2.75, 3.05) is 13.2 Å². The van der Waals surface area contributed by atoms with Gasteiger partial charge in [0.05, 0.1) is 6.54 Å². The van der Waals surface area contributed by atoms with Gasteiger partial charge >= 0.3 is 12.1 Å². The summed E-state index contributed by atoms with van der Waals surface area (Å²) in [6.07, 6.45) is 1.30. The minimum Gasteiger partial charge on any atom is -0.480 e. The van der Waals surface area contributed by atoms with Crippen molar-refractivity contribution < 1.29 is 28.8 Å². The van der Waals surface area contributed by atoms with Crippen molar-refractivity contribution in [3.05, 3.63) is 77.2 Å². The number of carboxylic acid groups (broad SMARTS) is 1. The number of fused-ring (bicyclic) bond motifs is 3. The third kappa shape index (κ3) is 4.49. The van der Waals surface area contributed by atoms with Crippen LogP contribution in [0.1, 0.15) is 52.6 Å². The Balaban J connectivity index is 1.17. The first kappa shape index (κ1) is 22.6. The van der Waals surface area contributed by atoms with E-state index in [0.717, 1.165) is 35.1 Å². The Bertz CT molecular complexity index is 1220. The quantitative estimate of drug-likeness (QED) is 0.556. The number of aliphatic carboxylic acids is 1. The van der Waals surface area contributed by atoms with Gasteiger partial charge in [-0.3, -0.25) is 4.79 Å². The number of carbonyl (C=O) groups excluding carboxylic acids is 2. The van der Waals surface area contributed by atoms with Crippen molar-refractivity contribution in [3.63, 3.8) is 0 Å². The Hall–Kier alpha value is -4.14. The molecule has 1 aliphatic heterocycles. The highest BCUT2D eigenvalue weighted by Gasteiger charge is 2.34. The summed E-state index contributed by atoms with van der Waals surface area (Å²) in [4.78, 5) is 37.9. The first-order valence-electron chi connectivity index (χ1n) is 11.6. The number of nitrogens with one attached hydrogen (secondary N) is 1. The summed E-state index contributed by atoms with van der Waals surface area (Å²) in [5, 5.41) is 15.8. The number of carbonyl (C=O) groups is 3. The van der Waals surface area contributed by atoms with Crippen LogP contribution in [0.5, 0.6) is 0 Å². The molecule has 2 aromatic carbocycles. The zero-order valence-electron chi connectivity index (χ0n) is 19.0. The zero-order valence-corrected chi connectivity index (χ0v) is 19.0. The molecule has 0 radical (unpaired) electrons. The maximum atomic E-state index is 12.7. The number of benzene rings is 2. The topological polar surface area (TPSA) is 122 Å². The Morgan fingerprint density at radius 1 is 1.06 bits per heavy atom. The Morgan fingerprint density at radius 3 is 2.43 bits per heavy atom. The van der Waals surface area contributed by atoms with E-state index in [9.17, 15) is 19.5 Å². The minimum absolute atomic E-state index is 0.0146. The predicted octanol–water partition coefficient (Wildman–Crippen LogP) is 3.79. The first-order chi connectivity index (χ1) is 17.0. The van der Waals surface area contributed by atoms with E-state index in [1.165, 1.54) is 11.0 Å². The van der Waals surface area contributed by atoms with Crippen LogP contribution < -0.4 is 5.32 Å². The van der Waals surface area contributed by atoms with Crippen molar-refractivity contribution in [2.24, 2.45) is 0 Å². The third-order valence-corrected chi connectivity index (χ3v) is 6.58. The van der Waals surface area contributed by atoms with Crippen molar-refractivity contribution in [3.8, 4) is 11.1 Å². The van der Waals surface area contributed by atoms with E-state index in [2.05, 4.69) is 22.6 Å². The number of ether oxygens (including phenoxy) is 1. The zero-order chi connectivity index (χ0) is 24.4. The average molecular weight is 476 g/mol. The van der Waals surface area contributed by atoms with Gasteiger partial charge in [0.1, 0.15) is 12.6 Å². The molecule has 2 heterocycles. The highest BCUT2D eigenvalue weighted by Crippen LogP contribution is 2.44. The van der Waals surface area contributed by atoms with Crippen molar-refractivity contribution >= 4 is 18.0 Å². The Labute approximate surface area is 201 Å². The minimum atomic E-state index is -1.03. The third-order valence-electron chi connectivity index (χ3n) is 6.58. The molecule has 1 unspecified atom stereocenters. The maximum Gasteiger partial charge on any atom is 0.407 e. The van der Waals surface area contributed by atoms with Gasteiger partial charge in [-0.05, 0) is 41.5 Å². The number of alkyl carbamates (subject to hydrolysis) is 1. The second-order valence-corrected chi connectivity index (χ2v) is 8.71. The molecule has 35 heavy (non-hydrogen) atoms. The van der Waals surface area contributed by atoms with Gasteiger partial charge in [-0.25, -0.2) is 9.59 Å². The highest BCUT2D eigenvalue weighted by molar-refractivity contribution is 5.95. The summed E-state index contributed by atoms with van der Waals surface area (Å²) in [6, 6.07) is 16.7. The number of amides is 2. The fourth-order valence-corrected chi connectivity index (χ4v) is 4.88. The van der Waals surface area contributed by atoms with E-state index in [4.69, 9.17) is 9.26 Å². The van der Waals surface area contributed by atoms with Gasteiger partial charge in [-0.15, -0.1) is 0 Å². The molecule has 1 aromatic heterocycles. The van der Waals surface area contributed by atoms with Crippen molar-refractivity contribution in [1.82, 2.24) is 15.4 Å². The van der Waals surface area contributed by atoms with E-state index in [1.54, 1.807) is 0 Å². The number of nitrogens with zero attached hydrogens (tertiary/aromatic N) is 2. The van der Waals surface area contributed by atoms with Crippen LogP contribution in [0.15, 0.2) is 59.1 Å². The van der Waals surface area contributed by atoms with Gasteiger partial charge in [-0.1, -0.05) is 53.7 Å². The number of hydrogen-bond donors (Lipinski definition) is 2. The molecule has 9 heteroatoms. The number of rotatable bonds is 6. The van der Waals surface area contributed by atoms with Gasteiger partial charge in [0.25, 0.3) is 5.91 Å². The molecule has 180 valence electrons. The fraction of sp³-hybridized carbons (Fsp3) is 0.308. The summed E-state index contributed by atoms with van der Waals surface area (Å²) < 4.78 is 10.7. The first-order valence-corrected chi connectivity index (χ1v) is 11.6. The number of likely N-dealkylation sites (tertiary alicyclic amines) is 1. The van der Waals surface area contributed by atoms with Gasteiger partial charge in [0, 0.05) is 18.5 Å². The molecular formula is C26H25N3O6. The average Bonchev–Trinajstić information content (AvgIpc) is 3.49. The van der Waals surface area contributed by atoms with Crippen molar-refractivity contribution in [2.45, 2.75) is 37.8 Å². The molecule has 1 atom stereocenters. The molecular weight excluding hydrogens is 450 g/mol. The van der Waals surface area contributed by atoms with Crippen LogP contribution in [-0.4, -0.2) is 52.3 Å².